The van der Waals surface area contributed by atoms with Gasteiger partial charge in [-0.2, -0.15) is 0 Å². The van der Waals surface area contributed by atoms with Crippen LogP contribution in [0.3, 0.4) is 0 Å². The second-order valence-corrected chi connectivity index (χ2v) is 3.41. The lowest BCUT2D eigenvalue weighted by atomic mass is 10.2. The Balaban J connectivity index is 2.80. The third kappa shape index (κ3) is 3.18. The average Bonchev–Trinajstić information content (AvgIpc) is 2.23. The normalized spacial score (nSPS) is 10.1. The second kappa shape index (κ2) is 5.68. The highest BCUT2D eigenvalue weighted by atomic mass is 35.5. The van der Waals surface area contributed by atoms with Crippen molar-refractivity contribution in [3.05, 3.63) is 27.6 Å². The molecule has 0 unspecified atom stereocenters. The van der Waals surface area contributed by atoms with Crippen LogP contribution < -0.4 is 4.74 Å². The maximum Gasteiger partial charge on any atom is 0.138 e. The molecule has 1 aromatic carbocycles. The van der Waals surface area contributed by atoms with Gasteiger partial charge in [-0.3, -0.25) is 0 Å². The van der Waals surface area contributed by atoms with E-state index in [-0.39, 0.29) is 0 Å². The zero-order valence-electron chi connectivity index (χ0n) is 8.62. The molecule has 82 valence electrons. The van der Waals surface area contributed by atoms with Crippen molar-refractivity contribution in [3.63, 3.8) is 0 Å². The van der Waals surface area contributed by atoms with E-state index in [1.807, 2.05) is 0 Å². The summed E-state index contributed by atoms with van der Waals surface area (Å²) in [5, 5.41) is 3.23. The second-order valence-electron chi connectivity index (χ2n) is 3.00. The first-order valence-corrected chi connectivity index (χ1v) is 4.82. The lowest BCUT2D eigenvalue weighted by Crippen LogP contribution is -2.04. The molecule has 1 aromatic rings. The molecule has 0 aliphatic carbocycles. The maximum atomic E-state index is 10.4. The van der Waals surface area contributed by atoms with E-state index in [4.69, 9.17) is 21.1 Å². The van der Waals surface area contributed by atoms with Gasteiger partial charge in [-0.25, -0.2) is 0 Å². The minimum Gasteiger partial charge on any atom is -0.490 e. The van der Waals surface area contributed by atoms with E-state index in [0.717, 1.165) is 5.56 Å². The summed E-state index contributed by atoms with van der Waals surface area (Å²) in [6.07, 6.45) is 0. The summed E-state index contributed by atoms with van der Waals surface area (Å²) in [7, 11) is 1.59. The van der Waals surface area contributed by atoms with E-state index in [9.17, 15) is 4.91 Å². The summed E-state index contributed by atoms with van der Waals surface area (Å²) in [6, 6.07) is 3.18. The lowest BCUT2D eigenvalue weighted by Gasteiger charge is -2.08. The molecule has 15 heavy (non-hydrogen) atoms. The summed E-state index contributed by atoms with van der Waals surface area (Å²) in [5.41, 5.74) is 1.07. The van der Waals surface area contributed by atoms with E-state index >= 15 is 0 Å². The summed E-state index contributed by atoms with van der Waals surface area (Å²) in [5.74, 6) is 0.540. The van der Waals surface area contributed by atoms with Crippen LogP contribution in [0.25, 0.3) is 0 Å². The van der Waals surface area contributed by atoms with Crippen LogP contribution in [0.15, 0.2) is 17.3 Å². The highest BCUT2D eigenvalue weighted by Gasteiger charge is 2.07. The monoisotopic (exact) mass is 229 g/mol. The summed E-state index contributed by atoms with van der Waals surface area (Å²) in [6.45, 7) is 2.68. The van der Waals surface area contributed by atoms with Gasteiger partial charge in [-0.05, 0) is 29.8 Å². The number of benzene rings is 1. The van der Waals surface area contributed by atoms with E-state index in [1.54, 1.807) is 20.1 Å². The van der Waals surface area contributed by atoms with Crippen molar-refractivity contribution in [2.75, 3.05) is 20.3 Å². The Hall–Kier alpha value is -1.13. The predicted octanol–water partition coefficient (Wildman–Crippen LogP) is 3.07. The molecule has 0 saturated heterocycles. The molecule has 0 spiro atoms. The van der Waals surface area contributed by atoms with Crippen molar-refractivity contribution >= 4 is 17.3 Å². The van der Waals surface area contributed by atoms with E-state index in [0.29, 0.717) is 29.7 Å². The van der Waals surface area contributed by atoms with Gasteiger partial charge in [0.15, 0.2) is 0 Å². The van der Waals surface area contributed by atoms with Gasteiger partial charge >= 0.3 is 0 Å². The van der Waals surface area contributed by atoms with Crippen molar-refractivity contribution in [1.82, 2.24) is 0 Å². The molecule has 0 aliphatic rings. The predicted molar refractivity (Wildman–Crippen MR) is 59.0 cm³/mol. The summed E-state index contributed by atoms with van der Waals surface area (Å²) in [4.78, 5) is 10.4. The largest absolute Gasteiger partial charge is 0.490 e. The van der Waals surface area contributed by atoms with Gasteiger partial charge in [0.1, 0.15) is 18.0 Å². The topological polar surface area (TPSA) is 47.9 Å². The van der Waals surface area contributed by atoms with Gasteiger partial charge in [0.25, 0.3) is 0 Å². The van der Waals surface area contributed by atoms with Crippen LogP contribution in [-0.2, 0) is 4.74 Å². The standard InChI is InChI=1S/C10H12ClNO3/c1-7-5-10(15-4-3-14-2)8(11)6-9(7)12-13/h5-6H,3-4H2,1-2H3. The Kier molecular flexibility index (Phi) is 4.52. The first-order valence-electron chi connectivity index (χ1n) is 4.44. The Morgan fingerprint density at radius 2 is 2.13 bits per heavy atom. The van der Waals surface area contributed by atoms with Crippen LogP contribution in [0.5, 0.6) is 5.75 Å². The van der Waals surface area contributed by atoms with Crippen molar-refractivity contribution < 1.29 is 9.47 Å². The minimum atomic E-state index is 0.332. The van der Waals surface area contributed by atoms with E-state index in [1.165, 1.54) is 6.07 Å². The Morgan fingerprint density at radius 1 is 1.40 bits per heavy atom. The van der Waals surface area contributed by atoms with Gasteiger partial charge < -0.3 is 9.47 Å². The molecular weight excluding hydrogens is 218 g/mol. The number of ether oxygens (including phenoxy) is 2. The molecule has 0 aliphatic heterocycles. The van der Waals surface area contributed by atoms with Gasteiger partial charge in [-0.15, -0.1) is 4.91 Å². The number of methoxy groups -OCH3 is 1. The summed E-state index contributed by atoms with van der Waals surface area (Å²) < 4.78 is 10.2. The Labute approximate surface area is 93.1 Å². The molecule has 0 N–H and O–H groups in total. The smallest absolute Gasteiger partial charge is 0.138 e. The number of halogens is 1. The van der Waals surface area contributed by atoms with Gasteiger partial charge in [0.2, 0.25) is 0 Å². The maximum absolute atomic E-state index is 10.4. The van der Waals surface area contributed by atoms with Gasteiger partial charge in [0, 0.05) is 7.11 Å². The van der Waals surface area contributed by atoms with E-state index < -0.39 is 0 Å². The van der Waals surface area contributed by atoms with Crippen LogP contribution in [0.4, 0.5) is 5.69 Å². The zero-order valence-corrected chi connectivity index (χ0v) is 9.37. The number of nitrogens with zero attached hydrogens (tertiary/aromatic N) is 1. The number of nitroso groups, excluding NO2 is 1. The number of aryl methyl sites for hydroxylation is 1. The van der Waals surface area contributed by atoms with Gasteiger partial charge in [-0.1, -0.05) is 11.6 Å². The molecule has 0 fully saturated rings. The number of hydrogen-bond donors (Lipinski definition) is 0. The molecule has 0 aromatic heterocycles. The van der Waals surface area contributed by atoms with Crippen molar-refractivity contribution in [2.45, 2.75) is 6.92 Å². The van der Waals surface area contributed by atoms with Crippen molar-refractivity contribution in [1.29, 1.82) is 0 Å². The van der Waals surface area contributed by atoms with Crippen LogP contribution in [0, 0.1) is 11.8 Å². The van der Waals surface area contributed by atoms with E-state index in [2.05, 4.69) is 5.18 Å². The quantitative estimate of drug-likeness (QED) is 0.576. The third-order valence-corrected chi connectivity index (χ3v) is 2.19. The molecule has 0 heterocycles. The van der Waals surface area contributed by atoms with Crippen LogP contribution in [0.2, 0.25) is 5.02 Å². The fourth-order valence-corrected chi connectivity index (χ4v) is 1.30. The molecule has 0 amide bonds. The average molecular weight is 230 g/mol. The van der Waals surface area contributed by atoms with Crippen molar-refractivity contribution in [3.8, 4) is 5.75 Å². The fourth-order valence-electron chi connectivity index (χ4n) is 1.09. The molecule has 0 bridgehead atoms. The molecule has 1 rings (SSSR count). The molecule has 4 nitrogen and oxygen atoms in total. The minimum absolute atomic E-state index is 0.332. The molecular formula is C10H12ClNO3. The third-order valence-electron chi connectivity index (χ3n) is 1.89. The SMILES string of the molecule is COCCOc1cc(C)c(N=O)cc1Cl. The Bertz CT molecular complexity index is 355. The molecule has 0 atom stereocenters. The number of hydrogen-bond acceptors (Lipinski definition) is 4. The first kappa shape index (κ1) is 11.9. The fraction of sp³-hybridized carbons (Fsp3) is 0.400. The van der Waals surface area contributed by atoms with Crippen LogP contribution in [-0.4, -0.2) is 20.3 Å². The molecule has 0 radical (unpaired) electrons. The van der Waals surface area contributed by atoms with Crippen LogP contribution in [0.1, 0.15) is 5.56 Å². The highest BCUT2D eigenvalue weighted by Crippen LogP contribution is 2.32. The zero-order chi connectivity index (χ0) is 11.3. The van der Waals surface area contributed by atoms with Crippen molar-refractivity contribution in [2.24, 2.45) is 5.18 Å². The van der Waals surface area contributed by atoms with Gasteiger partial charge in [0.05, 0.1) is 11.6 Å². The number of rotatable bonds is 5. The lowest BCUT2D eigenvalue weighted by molar-refractivity contribution is 0.146. The molecule has 0 saturated carbocycles. The first-order chi connectivity index (χ1) is 7.19. The molecule has 5 heteroatoms. The summed E-state index contributed by atoms with van der Waals surface area (Å²) >= 11 is 5.89. The highest BCUT2D eigenvalue weighted by molar-refractivity contribution is 6.32. The van der Waals surface area contributed by atoms with Crippen LogP contribution >= 0.6 is 11.6 Å². The Morgan fingerprint density at radius 3 is 2.73 bits per heavy atom.